The molecule has 1 saturated heterocycles. The molecule has 4 heteroatoms. The summed E-state index contributed by atoms with van der Waals surface area (Å²) in [7, 11) is 0. The van der Waals surface area contributed by atoms with Crippen LogP contribution >= 0.6 is 0 Å². The highest BCUT2D eigenvalue weighted by Gasteiger charge is 2.19. The van der Waals surface area contributed by atoms with Gasteiger partial charge in [-0.25, -0.2) is 0 Å². The Labute approximate surface area is 186 Å². The zero-order valence-electron chi connectivity index (χ0n) is 18.9. The lowest BCUT2D eigenvalue weighted by molar-refractivity contribution is -0.119. The molecule has 4 rings (SSSR count). The maximum Gasteiger partial charge on any atom is 0.209 e. The molecule has 1 aliphatic rings. The molecule has 0 N–H and O–H groups in total. The summed E-state index contributed by atoms with van der Waals surface area (Å²) in [5.74, 6) is 1.66. The van der Waals surface area contributed by atoms with Gasteiger partial charge in [-0.2, -0.15) is 0 Å². The van der Waals surface area contributed by atoms with E-state index in [1.807, 2.05) is 68.1 Å². The first kappa shape index (κ1) is 24.0. The Morgan fingerprint density at radius 3 is 2.26 bits per heavy atom. The Balaban J connectivity index is 0.000000630. The van der Waals surface area contributed by atoms with E-state index in [-0.39, 0.29) is 0 Å². The zero-order valence-corrected chi connectivity index (χ0v) is 18.9. The van der Waals surface area contributed by atoms with E-state index in [0.717, 1.165) is 49.4 Å². The molecule has 2 heterocycles. The summed E-state index contributed by atoms with van der Waals surface area (Å²) in [5.41, 5.74) is 2.34. The number of allylic oxidation sites excluding steroid dienone is 1. The van der Waals surface area contributed by atoms with E-state index in [0.29, 0.717) is 6.04 Å². The number of nitrogens with zero attached hydrogens (tertiary/aromatic N) is 2. The lowest BCUT2D eigenvalue weighted by atomic mass is 10.1. The number of likely N-dealkylation sites (tertiary alicyclic amines) is 1. The second kappa shape index (κ2) is 13.1. The Bertz CT molecular complexity index is 901. The summed E-state index contributed by atoms with van der Waals surface area (Å²) in [4.78, 5) is 12.9. The summed E-state index contributed by atoms with van der Waals surface area (Å²) in [6.07, 6.45) is 9.17. The lowest BCUT2D eigenvalue weighted by Crippen LogP contribution is -2.35. The predicted octanol–water partition coefficient (Wildman–Crippen LogP) is 6.96. The van der Waals surface area contributed by atoms with Crippen molar-refractivity contribution in [2.45, 2.75) is 39.7 Å². The van der Waals surface area contributed by atoms with Gasteiger partial charge in [0.05, 0.1) is 6.04 Å². The highest BCUT2D eigenvalue weighted by Crippen LogP contribution is 2.28. The molecule has 1 atom stereocenters. The van der Waals surface area contributed by atoms with Crippen LogP contribution in [0.25, 0.3) is 11.1 Å². The highest BCUT2D eigenvalue weighted by atomic mass is 16.5. The number of rotatable bonds is 5. The molecule has 1 unspecified atom stereocenters. The largest absolute Gasteiger partial charge is 0.457 e. The van der Waals surface area contributed by atoms with Gasteiger partial charge in [-0.15, -0.1) is 6.58 Å². The van der Waals surface area contributed by atoms with Crippen molar-refractivity contribution >= 4 is 6.41 Å². The first-order valence-corrected chi connectivity index (χ1v) is 11.0. The Morgan fingerprint density at radius 1 is 0.968 bits per heavy atom. The van der Waals surface area contributed by atoms with Gasteiger partial charge < -0.3 is 14.2 Å². The number of aromatic nitrogens is 1. The van der Waals surface area contributed by atoms with Crippen molar-refractivity contribution in [3.05, 3.63) is 85.7 Å². The van der Waals surface area contributed by atoms with Crippen LogP contribution < -0.4 is 4.74 Å². The molecule has 1 aromatic heterocycles. The fraction of sp³-hybridized carbons (Fsp3) is 0.296. The van der Waals surface area contributed by atoms with E-state index in [1.54, 1.807) is 6.08 Å². The fourth-order valence-electron chi connectivity index (χ4n) is 3.47. The predicted molar refractivity (Wildman–Crippen MR) is 130 cm³/mol. The first-order chi connectivity index (χ1) is 15.2. The van der Waals surface area contributed by atoms with Crippen molar-refractivity contribution in [3.63, 3.8) is 0 Å². The normalized spacial score (nSPS) is 14.9. The molecule has 1 fully saturated rings. The van der Waals surface area contributed by atoms with Gasteiger partial charge in [-0.3, -0.25) is 4.79 Å². The van der Waals surface area contributed by atoms with Crippen molar-refractivity contribution in [2.75, 3.05) is 13.1 Å². The maximum atomic E-state index is 11.0. The average molecular weight is 419 g/mol. The SMILES string of the molecule is C=CC.CC.O=CN1CCCC(n2ccc(-c3ccc(Oc4ccccc4)cc3)c2)C1. The summed E-state index contributed by atoms with van der Waals surface area (Å²) in [6.45, 7) is 10.9. The second-order valence-corrected chi connectivity index (χ2v) is 7.09. The minimum Gasteiger partial charge on any atom is -0.457 e. The van der Waals surface area contributed by atoms with E-state index < -0.39 is 0 Å². The van der Waals surface area contributed by atoms with Crippen molar-refractivity contribution in [3.8, 4) is 22.6 Å². The zero-order chi connectivity index (χ0) is 22.5. The van der Waals surface area contributed by atoms with E-state index in [2.05, 4.69) is 41.7 Å². The summed E-state index contributed by atoms with van der Waals surface area (Å²) in [6, 6.07) is 20.4. The summed E-state index contributed by atoms with van der Waals surface area (Å²) >= 11 is 0. The molecule has 1 amide bonds. The molecule has 1 aliphatic heterocycles. The van der Waals surface area contributed by atoms with Crippen LogP contribution in [0.4, 0.5) is 0 Å². The lowest BCUT2D eigenvalue weighted by Gasteiger charge is -2.30. The third kappa shape index (κ3) is 7.18. The van der Waals surface area contributed by atoms with Gasteiger partial charge in [-0.1, -0.05) is 50.3 Å². The number of hydrogen-bond donors (Lipinski definition) is 0. The fourth-order valence-corrected chi connectivity index (χ4v) is 3.47. The molecule has 0 aliphatic carbocycles. The third-order valence-electron chi connectivity index (χ3n) is 4.88. The quantitative estimate of drug-likeness (QED) is 0.331. The van der Waals surface area contributed by atoms with Crippen LogP contribution in [0.5, 0.6) is 11.5 Å². The molecule has 164 valence electrons. The number of para-hydroxylation sites is 1. The standard InChI is InChI=1S/C22H22N2O2.C3H6.C2H6/c25-17-23-13-4-5-20(16-23)24-14-12-19(15-24)18-8-10-22(11-9-18)26-21-6-2-1-3-7-21;1-3-2;1-2/h1-3,6-12,14-15,17,20H,4-5,13,16H2;3H,1H2,2H3;1-2H3. The van der Waals surface area contributed by atoms with Gasteiger partial charge >= 0.3 is 0 Å². The number of piperidine rings is 1. The number of ether oxygens (including phenoxy) is 1. The molecular weight excluding hydrogens is 384 g/mol. The maximum absolute atomic E-state index is 11.0. The summed E-state index contributed by atoms with van der Waals surface area (Å²) < 4.78 is 8.09. The summed E-state index contributed by atoms with van der Waals surface area (Å²) in [5, 5.41) is 0. The van der Waals surface area contributed by atoms with Crippen molar-refractivity contribution in [2.24, 2.45) is 0 Å². The molecule has 0 radical (unpaired) electrons. The number of hydrogen-bond acceptors (Lipinski definition) is 2. The highest BCUT2D eigenvalue weighted by molar-refractivity contribution is 5.63. The molecule has 4 nitrogen and oxygen atoms in total. The molecule has 0 spiro atoms. The molecule has 31 heavy (non-hydrogen) atoms. The van der Waals surface area contributed by atoms with E-state index in [9.17, 15) is 4.79 Å². The number of carbonyl (C=O) groups is 1. The Hall–Kier alpha value is -3.27. The van der Waals surface area contributed by atoms with E-state index in [1.165, 1.54) is 5.56 Å². The van der Waals surface area contributed by atoms with Crippen LogP contribution in [-0.4, -0.2) is 29.0 Å². The first-order valence-electron chi connectivity index (χ1n) is 11.0. The van der Waals surface area contributed by atoms with Gasteiger partial charge in [0.2, 0.25) is 6.41 Å². The monoisotopic (exact) mass is 418 g/mol. The van der Waals surface area contributed by atoms with E-state index in [4.69, 9.17) is 4.74 Å². The minimum atomic E-state index is 0.364. The second-order valence-electron chi connectivity index (χ2n) is 7.09. The third-order valence-corrected chi connectivity index (χ3v) is 4.88. The van der Waals surface area contributed by atoms with Gasteiger partial charge in [0.15, 0.2) is 0 Å². The number of amides is 1. The van der Waals surface area contributed by atoms with Crippen LogP contribution in [0.1, 0.15) is 39.7 Å². The van der Waals surface area contributed by atoms with Crippen LogP contribution in [0.3, 0.4) is 0 Å². The Kier molecular flexibility index (Phi) is 10.2. The number of benzene rings is 2. The van der Waals surface area contributed by atoms with Gasteiger partial charge in [0, 0.05) is 25.5 Å². The molecule has 0 bridgehead atoms. The topological polar surface area (TPSA) is 34.5 Å². The number of carbonyl (C=O) groups excluding carboxylic acids is 1. The van der Waals surface area contributed by atoms with Gasteiger partial charge in [-0.05, 0) is 61.2 Å². The van der Waals surface area contributed by atoms with Crippen LogP contribution in [0, 0.1) is 0 Å². The van der Waals surface area contributed by atoms with Crippen molar-refractivity contribution in [1.29, 1.82) is 0 Å². The van der Waals surface area contributed by atoms with E-state index >= 15 is 0 Å². The van der Waals surface area contributed by atoms with Crippen LogP contribution in [-0.2, 0) is 4.79 Å². The van der Waals surface area contributed by atoms with Gasteiger partial charge in [0.25, 0.3) is 0 Å². The minimum absolute atomic E-state index is 0.364. The smallest absolute Gasteiger partial charge is 0.209 e. The van der Waals surface area contributed by atoms with Crippen LogP contribution in [0.15, 0.2) is 85.7 Å². The van der Waals surface area contributed by atoms with Crippen molar-refractivity contribution < 1.29 is 9.53 Å². The van der Waals surface area contributed by atoms with Crippen molar-refractivity contribution in [1.82, 2.24) is 9.47 Å². The molecular formula is C27H34N2O2. The van der Waals surface area contributed by atoms with Crippen LogP contribution in [0.2, 0.25) is 0 Å². The average Bonchev–Trinajstić information content (AvgIpc) is 3.33. The molecule has 2 aromatic carbocycles. The Morgan fingerprint density at radius 2 is 1.61 bits per heavy atom. The molecule has 3 aromatic rings. The van der Waals surface area contributed by atoms with Gasteiger partial charge in [0.1, 0.15) is 11.5 Å². The molecule has 0 saturated carbocycles.